The maximum Gasteiger partial charge on any atom is 0.335 e. The molecule has 0 aromatic heterocycles. The number of hydrogen-bond acceptors (Lipinski definition) is 4. The van der Waals surface area contributed by atoms with Crippen molar-refractivity contribution in [2.45, 2.75) is 39.1 Å². The number of esters is 1. The van der Waals surface area contributed by atoms with Crippen LogP contribution in [0.1, 0.15) is 20.8 Å². The van der Waals surface area contributed by atoms with E-state index in [0.717, 1.165) is 0 Å². The van der Waals surface area contributed by atoms with Gasteiger partial charge in [0.05, 0.1) is 6.10 Å². The summed E-state index contributed by atoms with van der Waals surface area (Å²) in [5, 5.41) is 17.6. The van der Waals surface area contributed by atoms with E-state index in [1.54, 1.807) is 6.92 Å². The third-order valence-corrected chi connectivity index (χ3v) is 1.32. The van der Waals surface area contributed by atoms with E-state index in [1.807, 2.05) is 0 Å². The molecular weight excluding hydrogens is 148 g/mol. The van der Waals surface area contributed by atoms with Crippen LogP contribution in [0.2, 0.25) is 0 Å². The quantitative estimate of drug-likeness (QED) is 0.558. The molecule has 0 aromatic rings. The van der Waals surface area contributed by atoms with Gasteiger partial charge in [-0.1, -0.05) is 0 Å². The zero-order chi connectivity index (χ0) is 9.02. The Morgan fingerprint density at radius 1 is 1.27 bits per heavy atom. The molecule has 0 fully saturated rings. The molecule has 4 nitrogen and oxygen atoms in total. The second kappa shape index (κ2) is 4.31. The molecule has 0 aliphatic rings. The minimum absolute atomic E-state index is 0.572. The SMILES string of the molecule is CC(O)C(C)OC(=O)[C@H](C)O. The van der Waals surface area contributed by atoms with Crippen molar-refractivity contribution < 1.29 is 19.7 Å². The van der Waals surface area contributed by atoms with Crippen LogP contribution in [0.4, 0.5) is 0 Å². The van der Waals surface area contributed by atoms with Gasteiger partial charge in [-0.25, -0.2) is 4.79 Å². The molecule has 0 saturated heterocycles. The summed E-state index contributed by atoms with van der Waals surface area (Å²) in [5.74, 6) is -0.710. The Hall–Kier alpha value is -0.610. The van der Waals surface area contributed by atoms with Gasteiger partial charge in [-0.05, 0) is 20.8 Å². The van der Waals surface area contributed by atoms with Crippen LogP contribution in [0, 0.1) is 0 Å². The van der Waals surface area contributed by atoms with Crippen molar-refractivity contribution in [1.82, 2.24) is 0 Å². The lowest BCUT2D eigenvalue weighted by atomic mass is 10.2. The van der Waals surface area contributed by atoms with Crippen LogP contribution in [0.25, 0.3) is 0 Å². The van der Waals surface area contributed by atoms with E-state index in [-0.39, 0.29) is 0 Å². The number of aliphatic hydroxyl groups is 2. The highest BCUT2D eigenvalue weighted by Crippen LogP contribution is 1.99. The first-order valence-corrected chi connectivity index (χ1v) is 3.51. The van der Waals surface area contributed by atoms with Gasteiger partial charge in [0.25, 0.3) is 0 Å². The van der Waals surface area contributed by atoms with E-state index in [2.05, 4.69) is 4.74 Å². The first kappa shape index (κ1) is 10.4. The van der Waals surface area contributed by atoms with Crippen molar-refractivity contribution in [3.63, 3.8) is 0 Å². The largest absolute Gasteiger partial charge is 0.458 e. The van der Waals surface area contributed by atoms with Crippen LogP contribution in [-0.4, -0.2) is 34.5 Å². The fourth-order valence-electron chi connectivity index (χ4n) is 0.380. The van der Waals surface area contributed by atoms with Crippen molar-refractivity contribution in [2.75, 3.05) is 0 Å². The summed E-state index contributed by atoms with van der Waals surface area (Å²) in [4.78, 5) is 10.7. The molecule has 0 aromatic carbocycles. The lowest BCUT2D eigenvalue weighted by molar-refractivity contribution is -0.162. The van der Waals surface area contributed by atoms with E-state index >= 15 is 0 Å². The molecule has 66 valence electrons. The predicted molar refractivity (Wildman–Crippen MR) is 38.9 cm³/mol. The fourth-order valence-corrected chi connectivity index (χ4v) is 0.380. The molecule has 0 rings (SSSR count). The van der Waals surface area contributed by atoms with E-state index < -0.39 is 24.3 Å². The summed E-state index contributed by atoms with van der Waals surface area (Å²) >= 11 is 0. The summed E-state index contributed by atoms with van der Waals surface area (Å²) in [6, 6.07) is 0. The van der Waals surface area contributed by atoms with Crippen molar-refractivity contribution in [1.29, 1.82) is 0 Å². The van der Waals surface area contributed by atoms with Gasteiger partial charge >= 0.3 is 5.97 Å². The summed E-state index contributed by atoms with van der Waals surface area (Å²) in [6.45, 7) is 4.39. The highest BCUT2D eigenvalue weighted by Gasteiger charge is 2.17. The van der Waals surface area contributed by atoms with Gasteiger partial charge in [0.15, 0.2) is 0 Å². The predicted octanol–water partition coefficient (Wildman–Crippen LogP) is -0.320. The Kier molecular flexibility index (Phi) is 4.07. The van der Waals surface area contributed by atoms with Crippen LogP contribution < -0.4 is 0 Å². The Morgan fingerprint density at radius 3 is 2.00 bits per heavy atom. The second-order valence-electron chi connectivity index (χ2n) is 2.56. The van der Waals surface area contributed by atoms with Crippen molar-refractivity contribution in [3.8, 4) is 0 Å². The average Bonchev–Trinajstić information content (AvgIpc) is 1.87. The van der Waals surface area contributed by atoms with Crippen molar-refractivity contribution in [3.05, 3.63) is 0 Å². The third-order valence-electron chi connectivity index (χ3n) is 1.32. The molecule has 0 saturated carbocycles. The molecule has 0 radical (unpaired) electrons. The lowest BCUT2D eigenvalue weighted by Gasteiger charge is -2.16. The maximum absolute atomic E-state index is 10.7. The van der Waals surface area contributed by atoms with E-state index in [4.69, 9.17) is 10.2 Å². The molecule has 2 unspecified atom stereocenters. The van der Waals surface area contributed by atoms with Gasteiger partial charge in [-0.3, -0.25) is 0 Å². The van der Waals surface area contributed by atoms with Crippen LogP contribution in [0.5, 0.6) is 0 Å². The Labute approximate surface area is 65.8 Å². The molecule has 0 aliphatic heterocycles. The first-order valence-electron chi connectivity index (χ1n) is 3.51. The molecule has 0 aliphatic carbocycles. The highest BCUT2D eigenvalue weighted by molar-refractivity contribution is 5.73. The Balaban J connectivity index is 3.76. The molecule has 0 heterocycles. The summed E-state index contributed by atoms with van der Waals surface area (Å²) in [5.41, 5.74) is 0. The van der Waals surface area contributed by atoms with Gasteiger partial charge < -0.3 is 14.9 Å². The Bertz CT molecular complexity index is 130. The first-order chi connectivity index (χ1) is 4.95. The zero-order valence-corrected chi connectivity index (χ0v) is 6.94. The summed E-state index contributed by atoms with van der Waals surface area (Å²) in [7, 11) is 0. The molecular formula is C7H14O4. The normalized spacial score (nSPS) is 18.6. The fraction of sp³-hybridized carbons (Fsp3) is 0.857. The number of carbonyl (C=O) groups is 1. The minimum atomic E-state index is -1.13. The van der Waals surface area contributed by atoms with Crippen LogP contribution >= 0.6 is 0 Å². The molecule has 11 heavy (non-hydrogen) atoms. The smallest absolute Gasteiger partial charge is 0.335 e. The number of carbonyl (C=O) groups excluding carboxylic acids is 1. The minimum Gasteiger partial charge on any atom is -0.458 e. The van der Waals surface area contributed by atoms with Crippen LogP contribution in [-0.2, 0) is 9.53 Å². The van der Waals surface area contributed by atoms with Gasteiger partial charge in [0.1, 0.15) is 12.2 Å². The zero-order valence-electron chi connectivity index (χ0n) is 6.94. The van der Waals surface area contributed by atoms with Crippen LogP contribution in [0.15, 0.2) is 0 Å². The monoisotopic (exact) mass is 162 g/mol. The average molecular weight is 162 g/mol. The van der Waals surface area contributed by atoms with Gasteiger partial charge in [0, 0.05) is 0 Å². The molecule has 3 atom stereocenters. The lowest BCUT2D eigenvalue weighted by Crippen LogP contribution is -2.30. The second-order valence-corrected chi connectivity index (χ2v) is 2.56. The maximum atomic E-state index is 10.7. The number of ether oxygens (including phenoxy) is 1. The van der Waals surface area contributed by atoms with E-state index in [0.29, 0.717) is 0 Å². The van der Waals surface area contributed by atoms with Crippen molar-refractivity contribution in [2.24, 2.45) is 0 Å². The van der Waals surface area contributed by atoms with Crippen LogP contribution in [0.3, 0.4) is 0 Å². The van der Waals surface area contributed by atoms with Gasteiger partial charge in [-0.2, -0.15) is 0 Å². The third kappa shape index (κ3) is 3.95. The van der Waals surface area contributed by atoms with Gasteiger partial charge in [0.2, 0.25) is 0 Å². The van der Waals surface area contributed by atoms with Gasteiger partial charge in [-0.15, -0.1) is 0 Å². The molecule has 0 amide bonds. The highest BCUT2D eigenvalue weighted by atomic mass is 16.6. The topological polar surface area (TPSA) is 66.8 Å². The number of rotatable bonds is 3. The Morgan fingerprint density at radius 2 is 1.73 bits per heavy atom. The summed E-state index contributed by atoms with van der Waals surface area (Å²) < 4.78 is 4.63. The molecule has 4 heteroatoms. The summed E-state index contributed by atoms with van der Waals surface area (Å²) in [6.07, 6.45) is -2.41. The van der Waals surface area contributed by atoms with E-state index in [1.165, 1.54) is 13.8 Å². The molecule has 2 N–H and O–H groups in total. The number of hydrogen-bond donors (Lipinski definition) is 2. The van der Waals surface area contributed by atoms with Crippen molar-refractivity contribution >= 4 is 5.97 Å². The molecule has 0 spiro atoms. The standard InChI is InChI=1S/C7H14O4/c1-4(8)6(3)11-7(10)5(2)9/h4-6,8-9H,1-3H3/t4?,5-,6?/m0/s1. The molecule has 0 bridgehead atoms. The van der Waals surface area contributed by atoms with E-state index in [9.17, 15) is 4.79 Å². The number of aliphatic hydroxyl groups excluding tert-OH is 2.